The molecule has 0 aliphatic rings. The van der Waals surface area contributed by atoms with Crippen molar-refractivity contribution in [1.29, 1.82) is 0 Å². The summed E-state index contributed by atoms with van der Waals surface area (Å²) in [5.74, 6) is 1.10. The van der Waals surface area contributed by atoms with Crippen molar-refractivity contribution >= 4 is 28.8 Å². The number of ether oxygens (including phenoxy) is 1. The van der Waals surface area contributed by atoms with Crippen LogP contribution in [0.4, 0.5) is 0 Å². The Morgan fingerprint density at radius 2 is 2.33 bits per heavy atom. The maximum absolute atomic E-state index is 5.95. The highest BCUT2D eigenvalue weighted by Gasteiger charge is 2.08. The van der Waals surface area contributed by atoms with Gasteiger partial charge in [-0.2, -0.15) is 0 Å². The highest BCUT2D eigenvalue weighted by atomic mass is 35.5. The Morgan fingerprint density at radius 3 is 2.94 bits per heavy atom. The van der Waals surface area contributed by atoms with Crippen LogP contribution >= 0.6 is 23.8 Å². The van der Waals surface area contributed by atoms with Gasteiger partial charge in [0.2, 0.25) is 5.82 Å². The molecule has 1 heterocycles. The van der Waals surface area contributed by atoms with Crippen molar-refractivity contribution in [3.05, 3.63) is 40.9 Å². The van der Waals surface area contributed by atoms with Crippen molar-refractivity contribution < 1.29 is 4.74 Å². The van der Waals surface area contributed by atoms with Gasteiger partial charge in [0.1, 0.15) is 17.1 Å². The van der Waals surface area contributed by atoms with Gasteiger partial charge in [-0.1, -0.05) is 23.8 Å². The Labute approximate surface area is 115 Å². The lowest BCUT2D eigenvalue weighted by Gasteiger charge is -2.08. The van der Waals surface area contributed by atoms with Crippen LogP contribution in [0.15, 0.2) is 24.5 Å². The lowest BCUT2D eigenvalue weighted by molar-refractivity contribution is 0.407. The molecule has 0 radical (unpaired) electrons. The Balaban J connectivity index is 2.27. The van der Waals surface area contributed by atoms with E-state index in [4.69, 9.17) is 34.3 Å². The summed E-state index contributed by atoms with van der Waals surface area (Å²) in [4.78, 5) is 4.17. The Kier molecular flexibility index (Phi) is 3.78. The van der Waals surface area contributed by atoms with Crippen molar-refractivity contribution in [1.82, 2.24) is 14.8 Å². The van der Waals surface area contributed by atoms with Crippen molar-refractivity contribution in [2.45, 2.75) is 6.54 Å². The summed E-state index contributed by atoms with van der Waals surface area (Å²) in [6.07, 6.45) is 1.56. The first-order valence-electron chi connectivity index (χ1n) is 5.12. The summed E-state index contributed by atoms with van der Waals surface area (Å²) in [7, 11) is 1.61. The number of nitrogens with two attached hydrogens (primary N) is 1. The van der Waals surface area contributed by atoms with E-state index in [1.807, 2.05) is 12.1 Å². The number of nitrogens with zero attached hydrogens (tertiary/aromatic N) is 3. The summed E-state index contributed by atoms with van der Waals surface area (Å²) in [6, 6.07) is 5.40. The van der Waals surface area contributed by atoms with Crippen LogP contribution in [0, 0.1) is 0 Å². The number of hydrogen-bond donors (Lipinski definition) is 1. The van der Waals surface area contributed by atoms with Crippen LogP contribution in [0.5, 0.6) is 5.75 Å². The maximum Gasteiger partial charge on any atom is 0.208 e. The van der Waals surface area contributed by atoms with Crippen LogP contribution < -0.4 is 10.5 Å². The Hall–Kier alpha value is -1.66. The third-order valence-electron chi connectivity index (χ3n) is 2.33. The molecule has 7 heteroatoms. The fourth-order valence-corrected chi connectivity index (χ4v) is 1.82. The predicted molar refractivity (Wildman–Crippen MR) is 73.0 cm³/mol. The summed E-state index contributed by atoms with van der Waals surface area (Å²) >= 11 is 10.8. The SMILES string of the molecule is COc1ccc(Cl)cc1Cn1cnc(C(N)=S)n1. The fourth-order valence-electron chi connectivity index (χ4n) is 1.53. The van der Waals surface area contributed by atoms with E-state index in [0.29, 0.717) is 17.4 Å². The Morgan fingerprint density at radius 1 is 1.56 bits per heavy atom. The fraction of sp³-hybridized carbons (Fsp3) is 0.182. The summed E-state index contributed by atoms with van der Waals surface area (Å²) in [6.45, 7) is 0.485. The van der Waals surface area contributed by atoms with E-state index < -0.39 is 0 Å². The lowest BCUT2D eigenvalue weighted by Crippen LogP contribution is -2.12. The zero-order valence-corrected chi connectivity index (χ0v) is 11.2. The number of thiocarbonyl (C=S) groups is 1. The molecule has 0 fully saturated rings. The van der Waals surface area contributed by atoms with E-state index >= 15 is 0 Å². The van der Waals surface area contributed by atoms with Gasteiger partial charge in [-0.3, -0.25) is 0 Å². The van der Waals surface area contributed by atoms with E-state index in [2.05, 4.69) is 10.1 Å². The number of rotatable bonds is 4. The van der Waals surface area contributed by atoms with Crippen molar-refractivity contribution in [3.63, 3.8) is 0 Å². The number of hydrogen-bond acceptors (Lipinski definition) is 4. The molecule has 0 unspecified atom stereocenters. The van der Waals surface area contributed by atoms with Crippen molar-refractivity contribution in [2.75, 3.05) is 7.11 Å². The zero-order valence-electron chi connectivity index (χ0n) is 9.63. The molecular weight excluding hydrogens is 272 g/mol. The molecule has 2 N–H and O–H groups in total. The Bertz CT molecular complexity index is 584. The minimum atomic E-state index is 0.173. The van der Waals surface area contributed by atoms with Gasteiger partial charge < -0.3 is 10.5 Å². The molecule has 94 valence electrons. The van der Waals surface area contributed by atoms with Crippen LogP contribution in [0.1, 0.15) is 11.4 Å². The molecule has 0 spiro atoms. The van der Waals surface area contributed by atoms with Gasteiger partial charge in [-0.05, 0) is 18.2 Å². The molecule has 0 amide bonds. The quantitative estimate of drug-likeness (QED) is 0.863. The second-order valence-electron chi connectivity index (χ2n) is 3.59. The van der Waals surface area contributed by atoms with E-state index in [-0.39, 0.29) is 4.99 Å². The first kappa shape index (κ1) is 12.8. The summed E-state index contributed by atoms with van der Waals surface area (Å²) < 4.78 is 6.88. The number of methoxy groups -OCH3 is 1. The highest BCUT2D eigenvalue weighted by Crippen LogP contribution is 2.23. The maximum atomic E-state index is 5.95. The van der Waals surface area contributed by atoms with Gasteiger partial charge in [0.25, 0.3) is 0 Å². The van der Waals surface area contributed by atoms with Gasteiger partial charge >= 0.3 is 0 Å². The molecule has 5 nitrogen and oxygen atoms in total. The standard InChI is InChI=1S/C11H11ClN4OS/c1-17-9-3-2-8(12)4-7(9)5-16-6-14-11(15-16)10(13)18/h2-4,6H,5H2,1H3,(H2,13,18). The van der Waals surface area contributed by atoms with Crippen LogP contribution in [0.25, 0.3) is 0 Å². The lowest BCUT2D eigenvalue weighted by atomic mass is 10.2. The van der Waals surface area contributed by atoms with E-state index in [1.54, 1.807) is 24.2 Å². The van der Waals surface area contributed by atoms with Gasteiger partial charge in [-0.25, -0.2) is 9.67 Å². The first-order chi connectivity index (χ1) is 8.60. The van der Waals surface area contributed by atoms with E-state index in [0.717, 1.165) is 11.3 Å². The molecule has 0 saturated carbocycles. The summed E-state index contributed by atoms with van der Waals surface area (Å²) in [5.41, 5.74) is 6.35. The summed E-state index contributed by atoms with van der Waals surface area (Å²) in [5, 5.41) is 4.79. The molecule has 2 aromatic rings. The van der Waals surface area contributed by atoms with E-state index in [1.165, 1.54) is 0 Å². The molecule has 0 aliphatic carbocycles. The molecule has 1 aromatic heterocycles. The zero-order chi connectivity index (χ0) is 13.1. The van der Waals surface area contributed by atoms with Gasteiger partial charge in [0, 0.05) is 10.6 Å². The molecule has 18 heavy (non-hydrogen) atoms. The number of halogens is 1. The molecular formula is C11H11ClN4OS. The van der Waals surface area contributed by atoms with E-state index in [9.17, 15) is 0 Å². The largest absolute Gasteiger partial charge is 0.496 e. The normalized spacial score (nSPS) is 10.3. The number of aromatic nitrogens is 3. The van der Waals surface area contributed by atoms with Crippen LogP contribution in [-0.4, -0.2) is 26.9 Å². The molecule has 0 bridgehead atoms. The molecule has 0 aliphatic heterocycles. The highest BCUT2D eigenvalue weighted by molar-refractivity contribution is 7.80. The van der Waals surface area contributed by atoms with Crippen molar-refractivity contribution in [2.24, 2.45) is 5.73 Å². The minimum Gasteiger partial charge on any atom is -0.496 e. The molecule has 1 aromatic carbocycles. The number of benzene rings is 1. The van der Waals surface area contributed by atoms with Crippen LogP contribution in [0.3, 0.4) is 0 Å². The van der Waals surface area contributed by atoms with Crippen LogP contribution in [0.2, 0.25) is 5.02 Å². The molecule has 2 rings (SSSR count). The van der Waals surface area contributed by atoms with Crippen molar-refractivity contribution in [3.8, 4) is 5.75 Å². The minimum absolute atomic E-state index is 0.173. The van der Waals surface area contributed by atoms with Gasteiger partial charge in [-0.15, -0.1) is 5.10 Å². The third-order valence-corrected chi connectivity index (χ3v) is 2.75. The third kappa shape index (κ3) is 2.77. The predicted octanol–water partition coefficient (Wildman–Crippen LogP) is 1.62. The smallest absolute Gasteiger partial charge is 0.208 e. The second kappa shape index (κ2) is 5.32. The average molecular weight is 283 g/mol. The van der Waals surface area contributed by atoms with Gasteiger partial charge in [0.15, 0.2) is 0 Å². The van der Waals surface area contributed by atoms with Gasteiger partial charge in [0.05, 0.1) is 13.7 Å². The monoisotopic (exact) mass is 282 g/mol. The molecule has 0 saturated heterocycles. The molecule has 0 atom stereocenters. The second-order valence-corrected chi connectivity index (χ2v) is 4.46. The topological polar surface area (TPSA) is 66.0 Å². The average Bonchev–Trinajstić information content (AvgIpc) is 2.78. The van der Waals surface area contributed by atoms with Crippen LogP contribution in [-0.2, 0) is 6.54 Å². The first-order valence-corrected chi connectivity index (χ1v) is 5.90.